The summed E-state index contributed by atoms with van der Waals surface area (Å²) in [7, 11) is 0. The molecule has 1 saturated carbocycles. The van der Waals surface area contributed by atoms with Gasteiger partial charge in [0.05, 0.1) is 18.7 Å². The van der Waals surface area contributed by atoms with Crippen LogP contribution in [0.1, 0.15) is 76.8 Å². The lowest BCUT2D eigenvalue weighted by Gasteiger charge is -2.47. The summed E-state index contributed by atoms with van der Waals surface area (Å²) in [5.74, 6) is 1.13. The number of rotatable bonds is 8. The van der Waals surface area contributed by atoms with Crippen molar-refractivity contribution in [2.75, 3.05) is 39.3 Å². The highest BCUT2D eigenvalue weighted by Gasteiger charge is 2.60. The predicted molar refractivity (Wildman–Crippen MR) is 195 cm³/mol. The molecule has 2 aromatic carbocycles. The summed E-state index contributed by atoms with van der Waals surface area (Å²) in [6, 6.07) is 17.4. The number of benzene rings is 2. The van der Waals surface area contributed by atoms with Crippen molar-refractivity contribution < 1.29 is 14.3 Å². The number of amides is 3. The van der Waals surface area contributed by atoms with E-state index in [1.807, 2.05) is 71.3 Å². The van der Waals surface area contributed by atoms with Crippen molar-refractivity contribution in [2.45, 2.75) is 76.9 Å². The minimum absolute atomic E-state index is 0.0416. The molecule has 11 heteroatoms. The lowest BCUT2D eigenvalue weighted by molar-refractivity contribution is -0.122. The minimum atomic E-state index is -1.02. The Labute approximate surface area is 299 Å². The molecular weight excluding hydrogens is 659 g/mol. The number of aromatic nitrogens is 1. The summed E-state index contributed by atoms with van der Waals surface area (Å²) in [5.41, 5.74) is 1.06. The molecule has 6 rings (SSSR count). The number of carbonyl (C=O) groups excluding carboxylic acids is 2. The van der Waals surface area contributed by atoms with Gasteiger partial charge >= 0.3 is 6.03 Å². The third-order valence-corrected chi connectivity index (χ3v) is 10.6. The summed E-state index contributed by atoms with van der Waals surface area (Å²) in [4.78, 5) is 43.9. The van der Waals surface area contributed by atoms with Crippen molar-refractivity contribution in [1.29, 1.82) is 0 Å². The molecular formula is C38H46Cl2N6O3. The van der Waals surface area contributed by atoms with E-state index < -0.39 is 11.1 Å². The Hall–Kier alpha value is -3.66. The van der Waals surface area contributed by atoms with Gasteiger partial charge in [0, 0.05) is 65.6 Å². The van der Waals surface area contributed by atoms with Crippen LogP contribution in [0.3, 0.4) is 0 Å². The second-order valence-electron chi connectivity index (χ2n) is 14.6. The maximum atomic E-state index is 15.2. The second-order valence-corrected chi connectivity index (χ2v) is 15.4. The molecule has 2 fully saturated rings. The monoisotopic (exact) mass is 704 g/mol. The van der Waals surface area contributed by atoms with Crippen molar-refractivity contribution >= 4 is 41.0 Å². The quantitative estimate of drug-likeness (QED) is 0.273. The van der Waals surface area contributed by atoms with Gasteiger partial charge in [-0.3, -0.25) is 24.6 Å². The molecule has 49 heavy (non-hydrogen) atoms. The van der Waals surface area contributed by atoms with Gasteiger partial charge in [-0.2, -0.15) is 0 Å². The van der Waals surface area contributed by atoms with Crippen LogP contribution in [-0.2, 0) is 21.3 Å². The topological polar surface area (TPSA) is 90.4 Å². The molecule has 0 spiro atoms. The Morgan fingerprint density at radius 1 is 0.939 bits per heavy atom. The maximum Gasteiger partial charge on any atom is 0.326 e. The Bertz CT molecular complexity index is 1730. The summed E-state index contributed by atoms with van der Waals surface area (Å²) in [6.45, 7) is 15.3. The van der Waals surface area contributed by atoms with Crippen molar-refractivity contribution in [3.8, 4) is 5.75 Å². The first-order valence-electron chi connectivity index (χ1n) is 17.1. The molecule has 0 bridgehead atoms. The average molecular weight is 706 g/mol. The van der Waals surface area contributed by atoms with Gasteiger partial charge in [0.15, 0.2) is 0 Å². The van der Waals surface area contributed by atoms with E-state index in [0.717, 1.165) is 29.7 Å². The first kappa shape index (κ1) is 35.2. The van der Waals surface area contributed by atoms with Crippen LogP contribution < -0.4 is 10.1 Å². The molecule has 1 aromatic heterocycles. The van der Waals surface area contributed by atoms with Crippen molar-refractivity contribution in [2.24, 2.45) is 4.99 Å². The number of nitrogens with zero attached hydrogens (tertiary/aromatic N) is 5. The van der Waals surface area contributed by atoms with Crippen molar-refractivity contribution in [3.63, 3.8) is 0 Å². The number of urea groups is 1. The molecule has 1 N–H and O–H groups in total. The lowest BCUT2D eigenvalue weighted by atomic mass is 9.71. The molecule has 3 aliphatic rings. The Balaban J connectivity index is 1.46. The van der Waals surface area contributed by atoms with E-state index in [0.29, 0.717) is 72.6 Å². The molecule has 3 aromatic rings. The van der Waals surface area contributed by atoms with Crippen LogP contribution in [0.2, 0.25) is 10.0 Å². The van der Waals surface area contributed by atoms with Crippen LogP contribution in [0, 0.1) is 0 Å². The number of aliphatic imine (C=N–C) groups is 1. The zero-order valence-corrected chi connectivity index (χ0v) is 30.7. The van der Waals surface area contributed by atoms with Crippen molar-refractivity contribution in [3.05, 3.63) is 93.2 Å². The number of pyridine rings is 1. The summed E-state index contributed by atoms with van der Waals surface area (Å²) < 4.78 is 6.27. The molecule has 0 radical (unpaired) electrons. The Morgan fingerprint density at radius 3 is 2.08 bits per heavy atom. The van der Waals surface area contributed by atoms with E-state index in [1.54, 1.807) is 6.20 Å². The van der Waals surface area contributed by atoms with Crippen LogP contribution in [0.4, 0.5) is 4.79 Å². The minimum Gasteiger partial charge on any atom is -0.493 e. The molecule has 2 atom stereocenters. The second kappa shape index (κ2) is 13.6. The summed E-state index contributed by atoms with van der Waals surface area (Å²) in [5, 5.41) is 4.28. The molecule has 1 saturated heterocycles. The van der Waals surface area contributed by atoms with E-state index in [4.69, 9.17) is 37.9 Å². The fourth-order valence-corrected chi connectivity index (χ4v) is 7.05. The summed E-state index contributed by atoms with van der Waals surface area (Å²) in [6.07, 6.45) is 3.89. The van der Waals surface area contributed by atoms with Gasteiger partial charge in [-0.25, -0.2) is 4.79 Å². The fourth-order valence-electron chi connectivity index (χ4n) is 6.80. The largest absolute Gasteiger partial charge is 0.493 e. The normalized spacial score (nSPS) is 23.0. The van der Waals surface area contributed by atoms with Gasteiger partial charge < -0.3 is 15.0 Å². The summed E-state index contributed by atoms with van der Waals surface area (Å²) >= 11 is 12.8. The highest BCUT2D eigenvalue weighted by molar-refractivity contribution is 6.30. The number of hydrogen-bond donors (Lipinski definition) is 1. The zero-order chi connectivity index (χ0) is 35.1. The molecule has 2 unspecified atom stereocenters. The van der Waals surface area contributed by atoms with E-state index >= 15 is 4.79 Å². The smallest absolute Gasteiger partial charge is 0.326 e. The molecule has 260 valence electrons. The fraction of sp³-hybridized carbons (Fsp3) is 0.474. The molecule has 3 amide bonds. The van der Waals surface area contributed by atoms with E-state index in [1.165, 1.54) is 0 Å². The first-order valence-corrected chi connectivity index (χ1v) is 17.9. The predicted octanol–water partition coefficient (Wildman–Crippen LogP) is 6.99. The number of halogens is 2. The van der Waals surface area contributed by atoms with Gasteiger partial charge in [0.25, 0.3) is 0 Å². The Kier molecular flexibility index (Phi) is 9.74. The highest BCUT2D eigenvalue weighted by Crippen LogP contribution is 2.54. The number of nitrogens with one attached hydrogen (secondary N) is 1. The van der Waals surface area contributed by atoms with Crippen LogP contribution in [0.25, 0.3) is 0 Å². The van der Waals surface area contributed by atoms with E-state index in [-0.39, 0.29) is 17.4 Å². The van der Waals surface area contributed by atoms with E-state index in [9.17, 15) is 4.79 Å². The zero-order valence-electron chi connectivity index (χ0n) is 29.2. The molecule has 2 aliphatic heterocycles. The number of amidine groups is 1. The van der Waals surface area contributed by atoms with Gasteiger partial charge in [-0.15, -0.1) is 0 Å². The lowest BCUT2D eigenvalue weighted by Crippen LogP contribution is -2.61. The maximum absolute atomic E-state index is 15.2. The van der Waals surface area contributed by atoms with Crippen LogP contribution in [0.5, 0.6) is 5.75 Å². The van der Waals surface area contributed by atoms with Crippen LogP contribution >= 0.6 is 23.2 Å². The highest BCUT2D eigenvalue weighted by atomic mass is 35.5. The SMILES string of the molecule is CCOc1cc(C(C)(C)C)ncc1C1=NC(C)(c2ccc(Cl)cc2)C(C)(c2ccc(Cl)cc2)N1C(=O)N1CCN(CC(=O)NC2CC2)CC1. The average Bonchev–Trinajstić information content (AvgIpc) is 3.84. The first-order chi connectivity index (χ1) is 23.2. The number of piperazine rings is 1. The Morgan fingerprint density at radius 2 is 1.53 bits per heavy atom. The standard InChI is InChI=1S/C38H46Cl2N6O3/c1-7-49-31-22-32(36(2,3)4)41-23-30(31)34-43-37(5,25-8-12-27(39)13-9-25)38(6,26-10-14-28(40)15-11-26)46(34)35(48)45-20-18-44(19-21-45)24-33(47)42-29-16-17-29/h8-15,22-23,29H,7,16-21,24H2,1-6H3,(H,42,47). The molecule has 1 aliphatic carbocycles. The van der Waals surface area contributed by atoms with Gasteiger partial charge in [0.1, 0.15) is 22.7 Å². The van der Waals surface area contributed by atoms with Crippen LogP contribution in [0.15, 0.2) is 65.8 Å². The third-order valence-electron chi connectivity index (χ3n) is 10.1. The van der Waals surface area contributed by atoms with Gasteiger partial charge in [0.2, 0.25) is 5.91 Å². The number of carbonyl (C=O) groups is 2. The number of hydrogen-bond acceptors (Lipinski definition) is 6. The van der Waals surface area contributed by atoms with Gasteiger partial charge in [-0.1, -0.05) is 68.2 Å². The van der Waals surface area contributed by atoms with Crippen molar-refractivity contribution in [1.82, 2.24) is 25.0 Å². The number of ether oxygens (including phenoxy) is 1. The van der Waals surface area contributed by atoms with Crippen LogP contribution in [-0.4, -0.2) is 82.8 Å². The molecule has 3 heterocycles. The van der Waals surface area contributed by atoms with E-state index in [2.05, 4.69) is 44.8 Å². The van der Waals surface area contributed by atoms with Gasteiger partial charge in [-0.05, 0) is 69.0 Å². The molecule has 9 nitrogen and oxygen atoms in total. The third kappa shape index (κ3) is 6.90.